The van der Waals surface area contributed by atoms with Gasteiger partial charge in [0.1, 0.15) is 0 Å². The Morgan fingerprint density at radius 3 is 2.75 bits per heavy atom. The molecule has 0 spiro atoms. The number of nitrogens with one attached hydrogen (secondary N) is 1. The molecule has 1 fully saturated rings. The Kier molecular flexibility index (Phi) is 6.09. The standard InChI is InChI=1S/C19H31N/c1-4-12-20-19-11-6-5-10-18(19)17-9-7-8-16(14-17)13-15(2)3/h7-9,14-15,18-20H,4-6,10-13H2,1-3H3. The Morgan fingerprint density at radius 1 is 1.20 bits per heavy atom. The summed E-state index contributed by atoms with van der Waals surface area (Å²) >= 11 is 0. The third-order valence-electron chi connectivity index (χ3n) is 4.45. The quantitative estimate of drug-likeness (QED) is 0.776. The highest BCUT2D eigenvalue weighted by atomic mass is 14.9. The first kappa shape index (κ1) is 15.6. The molecule has 20 heavy (non-hydrogen) atoms. The molecule has 0 aromatic heterocycles. The number of benzene rings is 1. The molecule has 1 heteroatoms. The van der Waals surface area contributed by atoms with Crippen LogP contribution < -0.4 is 5.32 Å². The van der Waals surface area contributed by atoms with Gasteiger partial charge >= 0.3 is 0 Å². The average molecular weight is 273 g/mol. The summed E-state index contributed by atoms with van der Waals surface area (Å²) < 4.78 is 0. The van der Waals surface area contributed by atoms with Gasteiger partial charge in [0.2, 0.25) is 0 Å². The number of rotatable bonds is 6. The molecular weight excluding hydrogens is 242 g/mol. The van der Waals surface area contributed by atoms with E-state index in [1.54, 1.807) is 5.56 Å². The van der Waals surface area contributed by atoms with Gasteiger partial charge in [-0.25, -0.2) is 0 Å². The van der Waals surface area contributed by atoms with E-state index in [2.05, 4.69) is 50.4 Å². The zero-order valence-electron chi connectivity index (χ0n) is 13.5. The van der Waals surface area contributed by atoms with Crippen LogP contribution in [0.1, 0.15) is 69.9 Å². The van der Waals surface area contributed by atoms with Crippen molar-refractivity contribution in [2.24, 2.45) is 5.92 Å². The fourth-order valence-corrected chi connectivity index (χ4v) is 3.53. The lowest BCUT2D eigenvalue weighted by Gasteiger charge is -2.33. The lowest BCUT2D eigenvalue weighted by atomic mass is 9.79. The first-order chi connectivity index (χ1) is 9.70. The minimum Gasteiger partial charge on any atom is -0.313 e. The van der Waals surface area contributed by atoms with Crippen LogP contribution in [0.25, 0.3) is 0 Å². The van der Waals surface area contributed by atoms with Gasteiger partial charge in [-0.1, -0.05) is 57.9 Å². The fraction of sp³-hybridized carbons (Fsp3) is 0.684. The summed E-state index contributed by atoms with van der Waals surface area (Å²) in [7, 11) is 0. The minimum atomic E-state index is 0.693. The Hall–Kier alpha value is -0.820. The lowest BCUT2D eigenvalue weighted by Crippen LogP contribution is -2.37. The predicted octanol–water partition coefficient (Wildman–Crippen LogP) is 4.91. The Morgan fingerprint density at radius 2 is 2.00 bits per heavy atom. The number of hydrogen-bond acceptors (Lipinski definition) is 1. The minimum absolute atomic E-state index is 0.693. The zero-order valence-corrected chi connectivity index (χ0v) is 13.5. The molecule has 0 heterocycles. The largest absolute Gasteiger partial charge is 0.313 e. The van der Waals surface area contributed by atoms with E-state index < -0.39 is 0 Å². The van der Waals surface area contributed by atoms with Crippen LogP contribution in [0.2, 0.25) is 0 Å². The molecule has 0 aliphatic heterocycles. The molecule has 1 aromatic carbocycles. The maximum absolute atomic E-state index is 3.78. The third-order valence-corrected chi connectivity index (χ3v) is 4.45. The van der Waals surface area contributed by atoms with Crippen molar-refractivity contribution in [2.75, 3.05) is 6.54 Å². The van der Waals surface area contributed by atoms with Crippen molar-refractivity contribution in [3.63, 3.8) is 0 Å². The van der Waals surface area contributed by atoms with Crippen molar-refractivity contribution in [2.45, 2.75) is 71.3 Å². The maximum atomic E-state index is 3.78. The molecule has 0 radical (unpaired) electrons. The number of hydrogen-bond donors (Lipinski definition) is 1. The second-order valence-corrected chi connectivity index (χ2v) is 6.79. The summed E-state index contributed by atoms with van der Waals surface area (Å²) in [4.78, 5) is 0. The molecule has 0 amide bonds. The molecule has 1 saturated carbocycles. The Bertz CT molecular complexity index is 397. The van der Waals surface area contributed by atoms with Crippen LogP contribution in [0.5, 0.6) is 0 Å². The molecule has 0 saturated heterocycles. The van der Waals surface area contributed by atoms with Gasteiger partial charge < -0.3 is 5.32 Å². The summed E-state index contributed by atoms with van der Waals surface area (Å²) in [5, 5.41) is 3.78. The zero-order chi connectivity index (χ0) is 14.4. The van der Waals surface area contributed by atoms with Gasteiger partial charge in [-0.2, -0.15) is 0 Å². The van der Waals surface area contributed by atoms with Gasteiger partial charge in [0.15, 0.2) is 0 Å². The summed E-state index contributed by atoms with van der Waals surface area (Å²) in [6, 6.07) is 10.1. The molecular formula is C19H31N. The van der Waals surface area contributed by atoms with E-state index in [0.717, 1.165) is 18.4 Å². The Balaban J connectivity index is 2.10. The van der Waals surface area contributed by atoms with Crippen LogP contribution in [-0.2, 0) is 6.42 Å². The third kappa shape index (κ3) is 4.34. The highest BCUT2D eigenvalue weighted by Crippen LogP contribution is 2.33. The van der Waals surface area contributed by atoms with Crippen LogP contribution in [0.3, 0.4) is 0 Å². The smallest absolute Gasteiger partial charge is 0.0136 e. The molecule has 1 aliphatic rings. The van der Waals surface area contributed by atoms with E-state index in [-0.39, 0.29) is 0 Å². The average Bonchev–Trinajstić information content (AvgIpc) is 2.45. The van der Waals surface area contributed by atoms with Crippen molar-refractivity contribution >= 4 is 0 Å². The SMILES string of the molecule is CCCNC1CCCCC1c1cccc(CC(C)C)c1. The van der Waals surface area contributed by atoms with Crippen LogP contribution in [0, 0.1) is 5.92 Å². The van der Waals surface area contributed by atoms with E-state index in [1.165, 1.54) is 44.1 Å². The molecule has 2 atom stereocenters. The van der Waals surface area contributed by atoms with Crippen molar-refractivity contribution in [3.05, 3.63) is 35.4 Å². The fourth-order valence-electron chi connectivity index (χ4n) is 3.53. The normalized spacial score (nSPS) is 23.2. The first-order valence-electron chi connectivity index (χ1n) is 8.53. The van der Waals surface area contributed by atoms with Gasteiger partial charge in [0, 0.05) is 6.04 Å². The van der Waals surface area contributed by atoms with Crippen molar-refractivity contribution in [3.8, 4) is 0 Å². The Labute approximate surface area is 125 Å². The van der Waals surface area contributed by atoms with Gasteiger partial charge in [-0.15, -0.1) is 0 Å². The summed E-state index contributed by atoms with van der Waals surface area (Å²) in [5.74, 6) is 1.47. The highest BCUT2D eigenvalue weighted by Gasteiger charge is 2.25. The van der Waals surface area contributed by atoms with Gasteiger partial charge in [-0.3, -0.25) is 0 Å². The molecule has 2 unspecified atom stereocenters. The van der Waals surface area contributed by atoms with E-state index in [0.29, 0.717) is 6.04 Å². The van der Waals surface area contributed by atoms with Crippen LogP contribution >= 0.6 is 0 Å². The second-order valence-electron chi connectivity index (χ2n) is 6.79. The first-order valence-corrected chi connectivity index (χ1v) is 8.53. The molecule has 1 nitrogen and oxygen atoms in total. The van der Waals surface area contributed by atoms with Crippen LogP contribution in [0.4, 0.5) is 0 Å². The summed E-state index contributed by atoms with van der Waals surface area (Å²) in [6.45, 7) is 8.03. The molecule has 2 rings (SSSR count). The second kappa shape index (κ2) is 7.83. The summed E-state index contributed by atoms with van der Waals surface area (Å²) in [6.07, 6.45) is 7.92. The molecule has 112 valence electrons. The van der Waals surface area contributed by atoms with E-state index >= 15 is 0 Å². The summed E-state index contributed by atoms with van der Waals surface area (Å²) in [5.41, 5.74) is 3.08. The van der Waals surface area contributed by atoms with E-state index in [4.69, 9.17) is 0 Å². The van der Waals surface area contributed by atoms with E-state index in [9.17, 15) is 0 Å². The van der Waals surface area contributed by atoms with E-state index in [1.807, 2.05) is 0 Å². The monoisotopic (exact) mass is 273 g/mol. The van der Waals surface area contributed by atoms with Gasteiger partial charge in [0.05, 0.1) is 0 Å². The highest BCUT2D eigenvalue weighted by molar-refractivity contribution is 5.28. The van der Waals surface area contributed by atoms with Crippen molar-refractivity contribution < 1.29 is 0 Å². The molecule has 1 aromatic rings. The molecule has 1 aliphatic carbocycles. The van der Waals surface area contributed by atoms with Crippen LogP contribution in [0.15, 0.2) is 24.3 Å². The van der Waals surface area contributed by atoms with Crippen LogP contribution in [-0.4, -0.2) is 12.6 Å². The van der Waals surface area contributed by atoms with Crippen molar-refractivity contribution in [1.82, 2.24) is 5.32 Å². The lowest BCUT2D eigenvalue weighted by molar-refractivity contribution is 0.328. The van der Waals surface area contributed by atoms with Gasteiger partial charge in [0.25, 0.3) is 0 Å². The van der Waals surface area contributed by atoms with Crippen molar-refractivity contribution in [1.29, 1.82) is 0 Å². The molecule has 1 N–H and O–H groups in total. The van der Waals surface area contributed by atoms with Gasteiger partial charge in [-0.05, 0) is 55.2 Å². The maximum Gasteiger partial charge on any atom is 0.0136 e. The molecule has 0 bridgehead atoms. The topological polar surface area (TPSA) is 12.0 Å². The predicted molar refractivity (Wildman–Crippen MR) is 88.3 cm³/mol.